The second-order valence-electron chi connectivity index (χ2n) is 6.55. The Morgan fingerprint density at radius 3 is 2.84 bits per heavy atom. The number of thioether (sulfide) groups is 1. The van der Waals surface area contributed by atoms with Crippen LogP contribution in [0.4, 0.5) is 4.79 Å². The third-order valence-electron chi connectivity index (χ3n) is 3.91. The average molecular weight is 379 g/mol. The summed E-state index contributed by atoms with van der Waals surface area (Å²) in [7, 11) is 0. The van der Waals surface area contributed by atoms with E-state index in [-0.39, 0.29) is 11.7 Å². The second-order valence-corrected chi connectivity index (χ2v) is 8.60. The Kier molecular flexibility index (Phi) is 5.58. The SMILES string of the molecule is Cc1nc(SCC(=O)NC(=O)NCC(C)C)c2c3c(sc2n1)CCC3. The molecule has 8 heteroatoms. The molecule has 6 nitrogen and oxygen atoms in total. The van der Waals surface area contributed by atoms with Crippen LogP contribution in [0, 0.1) is 12.8 Å². The number of aryl methyl sites for hydroxylation is 3. The van der Waals surface area contributed by atoms with Crippen molar-refractivity contribution in [2.45, 2.75) is 45.1 Å². The number of carbonyl (C=O) groups is 2. The van der Waals surface area contributed by atoms with Crippen molar-refractivity contribution in [3.63, 3.8) is 0 Å². The van der Waals surface area contributed by atoms with Crippen molar-refractivity contribution in [2.24, 2.45) is 5.92 Å². The number of amides is 3. The minimum atomic E-state index is -0.445. The molecular weight excluding hydrogens is 356 g/mol. The van der Waals surface area contributed by atoms with Gasteiger partial charge in [-0.25, -0.2) is 14.8 Å². The van der Waals surface area contributed by atoms with Gasteiger partial charge in [0.05, 0.1) is 5.75 Å². The number of nitrogens with one attached hydrogen (secondary N) is 2. The normalized spacial score (nSPS) is 13.3. The Balaban J connectivity index is 1.67. The molecule has 0 atom stereocenters. The Morgan fingerprint density at radius 1 is 1.28 bits per heavy atom. The van der Waals surface area contributed by atoms with Crippen LogP contribution in [-0.4, -0.2) is 34.2 Å². The van der Waals surface area contributed by atoms with Gasteiger partial charge in [0, 0.05) is 16.8 Å². The monoisotopic (exact) mass is 378 g/mol. The van der Waals surface area contributed by atoms with Gasteiger partial charge in [0.15, 0.2) is 0 Å². The van der Waals surface area contributed by atoms with E-state index in [9.17, 15) is 9.59 Å². The molecule has 0 fully saturated rings. The number of hydrogen-bond acceptors (Lipinski definition) is 6. The zero-order chi connectivity index (χ0) is 18.0. The van der Waals surface area contributed by atoms with Crippen LogP contribution in [0.15, 0.2) is 5.03 Å². The Morgan fingerprint density at radius 2 is 2.08 bits per heavy atom. The van der Waals surface area contributed by atoms with Crippen LogP contribution < -0.4 is 10.6 Å². The number of rotatable bonds is 5. The second kappa shape index (κ2) is 7.70. The molecule has 2 aromatic rings. The molecule has 3 amide bonds. The van der Waals surface area contributed by atoms with Crippen molar-refractivity contribution in [1.29, 1.82) is 0 Å². The van der Waals surface area contributed by atoms with Crippen molar-refractivity contribution in [1.82, 2.24) is 20.6 Å². The molecule has 0 spiro atoms. The van der Waals surface area contributed by atoms with Crippen LogP contribution in [0.5, 0.6) is 0 Å². The number of carbonyl (C=O) groups excluding carboxylic acids is 2. The smallest absolute Gasteiger partial charge is 0.321 e. The molecule has 0 saturated heterocycles. The van der Waals surface area contributed by atoms with Crippen LogP contribution in [-0.2, 0) is 17.6 Å². The highest BCUT2D eigenvalue weighted by atomic mass is 32.2. The van der Waals surface area contributed by atoms with E-state index in [4.69, 9.17) is 0 Å². The first-order valence-corrected chi connectivity index (χ1v) is 10.2. The molecular formula is C17H22N4O2S2. The first-order valence-electron chi connectivity index (χ1n) is 8.43. The Hall–Kier alpha value is -1.67. The molecule has 0 aromatic carbocycles. The van der Waals surface area contributed by atoms with Gasteiger partial charge < -0.3 is 5.32 Å². The first-order chi connectivity index (χ1) is 11.9. The number of aromatic nitrogens is 2. The number of thiophene rings is 1. The number of imide groups is 1. The lowest BCUT2D eigenvalue weighted by atomic mass is 10.2. The van der Waals surface area contributed by atoms with E-state index in [1.54, 1.807) is 11.3 Å². The van der Waals surface area contributed by atoms with Crippen molar-refractivity contribution in [3.05, 3.63) is 16.3 Å². The quantitative estimate of drug-likeness (QED) is 0.617. The summed E-state index contributed by atoms with van der Waals surface area (Å²) in [6.45, 7) is 6.41. The number of nitrogens with zero attached hydrogens (tertiary/aromatic N) is 2. The summed E-state index contributed by atoms with van der Waals surface area (Å²) in [6, 6.07) is -0.445. The summed E-state index contributed by atoms with van der Waals surface area (Å²) < 4.78 is 0. The van der Waals surface area contributed by atoms with E-state index in [1.165, 1.54) is 28.6 Å². The highest BCUT2D eigenvalue weighted by Gasteiger charge is 2.22. The third-order valence-corrected chi connectivity index (χ3v) is 6.07. The minimum absolute atomic E-state index is 0.158. The molecule has 2 heterocycles. The summed E-state index contributed by atoms with van der Waals surface area (Å²) >= 11 is 3.11. The van der Waals surface area contributed by atoms with Crippen molar-refractivity contribution < 1.29 is 9.59 Å². The van der Waals surface area contributed by atoms with E-state index < -0.39 is 6.03 Å². The molecule has 0 saturated carbocycles. The highest BCUT2D eigenvalue weighted by Crippen LogP contribution is 2.40. The van der Waals surface area contributed by atoms with Gasteiger partial charge in [-0.05, 0) is 37.7 Å². The first kappa shape index (κ1) is 18.1. The maximum atomic E-state index is 12.0. The van der Waals surface area contributed by atoms with Crippen molar-refractivity contribution >= 4 is 45.3 Å². The average Bonchev–Trinajstić information content (AvgIpc) is 3.10. The minimum Gasteiger partial charge on any atom is -0.338 e. The summed E-state index contributed by atoms with van der Waals surface area (Å²) in [5.74, 6) is 0.895. The van der Waals surface area contributed by atoms with E-state index in [0.29, 0.717) is 18.3 Å². The van der Waals surface area contributed by atoms with Crippen molar-refractivity contribution in [3.8, 4) is 0 Å². The molecule has 0 radical (unpaired) electrons. The fraction of sp³-hybridized carbons (Fsp3) is 0.529. The molecule has 2 N–H and O–H groups in total. The van der Waals surface area contributed by atoms with Crippen LogP contribution in [0.1, 0.15) is 36.5 Å². The molecule has 0 unspecified atom stereocenters. The van der Waals surface area contributed by atoms with Gasteiger partial charge in [-0.3, -0.25) is 10.1 Å². The lowest BCUT2D eigenvalue weighted by Gasteiger charge is -2.09. The summed E-state index contributed by atoms with van der Waals surface area (Å²) in [5, 5.41) is 6.99. The van der Waals surface area contributed by atoms with Crippen LogP contribution >= 0.6 is 23.1 Å². The van der Waals surface area contributed by atoms with Crippen LogP contribution in [0.2, 0.25) is 0 Å². The summed E-state index contributed by atoms with van der Waals surface area (Å²) in [5.41, 5.74) is 1.34. The predicted molar refractivity (Wildman–Crippen MR) is 101 cm³/mol. The van der Waals surface area contributed by atoms with E-state index in [1.807, 2.05) is 20.8 Å². The standard InChI is InChI=1S/C17H22N4O2S2/c1-9(2)7-18-17(23)21-13(22)8-24-15-14-11-5-4-6-12(11)25-16(14)20-10(3)19-15/h9H,4-8H2,1-3H3,(H2,18,21,22,23). The number of urea groups is 1. The fourth-order valence-electron chi connectivity index (χ4n) is 2.81. The van der Waals surface area contributed by atoms with E-state index >= 15 is 0 Å². The Bertz CT molecular complexity index is 817. The Labute approximate surface area is 155 Å². The lowest BCUT2D eigenvalue weighted by Crippen LogP contribution is -2.41. The van der Waals surface area contributed by atoms with Gasteiger partial charge in [0.25, 0.3) is 0 Å². The lowest BCUT2D eigenvalue weighted by molar-refractivity contribution is -0.117. The van der Waals surface area contributed by atoms with Gasteiger partial charge in [0.2, 0.25) is 5.91 Å². The molecule has 0 aliphatic heterocycles. The van der Waals surface area contributed by atoms with Gasteiger partial charge >= 0.3 is 6.03 Å². The number of fused-ring (bicyclic) bond motifs is 3. The molecule has 25 heavy (non-hydrogen) atoms. The van der Waals surface area contributed by atoms with Gasteiger partial charge in [-0.1, -0.05) is 25.6 Å². The highest BCUT2D eigenvalue weighted by molar-refractivity contribution is 8.00. The maximum Gasteiger partial charge on any atom is 0.321 e. The largest absolute Gasteiger partial charge is 0.338 e. The molecule has 0 bridgehead atoms. The number of hydrogen-bond donors (Lipinski definition) is 2. The van der Waals surface area contributed by atoms with Gasteiger partial charge in [-0.2, -0.15) is 0 Å². The topological polar surface area (TPSA) is 84.0 Å². The molecule has 2 aromatic heterocycles. The van der Waals surface area contributed by atoms with Crippen molar-refractivity contribution in [2.75, 3.05) is 12.3 Å². The summed E-state index contributed by atoms with van der Waals surface area (Å²) in [4.78, 5) is 35.2. The maximum absolute atomic E-state index is 12.0. The van der Waals surface area contributed by atoms with Gasteiger partial charge in [0.1, 0.15) is 15.7 Å². The van der Waals surface area contributed by atoms with Gasteiger partial charge in [-0.15, -0.1) is 11.3 Å². The van der Waals surface area contributed by atoms with E-state index in [2.05, 4.69) is 20.6 Å². The molecule has 1 aliphatic carbocycles. The molecule has 3 rings (SSSR count). The zero-order valence-corrected chi connectivity index (χ0v) is 16.3. The van der Waals surface area contributed by atoms with E-state index in [0.717, 1.165) is 28.1 Å². The third kappa shape index (κ3) is 4.30. The molecule has 134 valence electrons. The van der Waals surface area contributed by atoms with Crippen LogP contribution in [0.25, 0.3) is 10.2 Å². The zero-order valence-electron chi connectivity index (χ0n) is 14.6. The predicted octanol–water partition coefficient (Wildman–Crippen LogP) is 3.06. The van der Waals surface area contributed by atoms with Crippen LogP contribution in [0.3, 0.4) is 0 Å². The summed E-state index contributed by atoms with van der Waals surface area (Å²) in [6.07, 6.45) is 3.33. The molecule has 1 aliphatic rings. The fourth-order valence-corrected chi connectivity index (χ4v) is 5.08.